The summed E-state index contributed by atoms with van der Waals surface area (Å²) in [5, 5.41) is 7.58. The average molecular weight is 584 g/mol. The van der Waals surface area contributed by atoms with Gasteiger partial charge < -0.3 is 24.6 Å². The highest BCUT2D eigenvalue weighted by Gasteiger charge is 2.15. The minimum Gasteiger partial charge on any atom is -0.493 e. The number of amides is 1. The van der Waals surface area contributed by atoms with E-state index in [9.17, 15) is 4.79 Å². The SMILES string of the molecule is COc1cc2nc(Nc3ccc4nc(NC(=O)c5ccccc5)sc4c3)ncc2cc1OCCCN1CCN(C)CC1. The standard InChI is InChI=1S/C31H33N7O3S/c1-37-12-14-38(15-13-37)11-6-16-41-27-17-22-20-32-30(34-25(22)19-26(27)40-2)33-23-9-10-24-28(18-23)42-31(35-24)36-29(39)21-7-4-3-5-8-21/h3-5,7-10,17-20H,6,11-16H2,1-2H3,(H,32,33,34)(H,35,36,39). The first-order chi connectivity index (χ1) is 20.5. The first-order valence-electron chi connectivity index (χ1n) is 14.0. The van der Waals surface area contributed by atoms with Crippen molar-refractivity contribution in [2.24, 2.45) is 0 Å². The van der Waals surface area contributed by atoms with Crippen LogP contribution in [-0.2, 0) is 0 Å². The molecule has 6 rings (SSSR count). The number of anilines is 3. The zero-order chi connectivity index (χ0) is 28.9. The van der Waals surface area contributed by atoms with Gasteiger partial charge in [0, 0.05) is 61.6 Å². The van der Waals surface area contributed by atoms with Crippen LogP contribution in [0.4, 0.5) is 16.8 Å². The first kappa shape index (κ1) is 27.8. The molecule has 0 bridgehead atoms. The number of nitrogens with one attached hydrogen (secondary N) is 2. The van der Waals surface area contributed by atoms with Crippen LogP contribution in [0.25, 0.3) is 21.1 Å². The van der Waals surface area contributed by atoms with Gasteiger partial charge in [-0.05, 0) is 49.9 Å². The van der Waals surface area contributed by atoms with Crippen LogP contribution >= 0.6 is 11.3 Å². The number of piperazine rings is 1. The lowest BCUT2D eigenvalue weighted by atomic mass is 10.2. The number of benzene rings is 3. The van der Waals surface area contributed by atoms with Gasteiger partial charge in [-0.15, -0.1) is 0 Å². The summed E-state index contributed by atoms with van der Waals surface area (Å²) in [6.45, 7) is 6.09. The molecule has 0 spiro atoms. The van der Waals surface area contributed by atoms with E-state index in [1.54, 1.807) is 25.4 Å². The Bertz CT molecular complexity index is 1690. The summed E-state index contributed by atoms with van der Waals surface area (Å²) < 4.78 is 12.7. The molecule has 1 amide bonds. The second kappa shape index (κ2) is 12.7. The molecule has 0 aliphatic carbocycles. The van der Waals surface area contributed by atoms with Gasteiger partial charge in [0.25, 0.3) is 5.91 Å². The lowest BCUT2D eigenvalue weighted by molar-refractivity contribution is 0.102. The van der Waals surface area contributed by atoms with Crippen molar-refractivity contribution < 1.29 is 14.3 Å². The molecule has 1 saturated heterocycles. The van der Waals surface area contributed by atoms with E-state index < -0.39 is 0 Å². The Labute approximate surface area is 248 Å². The van der Waals surface area contributed by atoms with E-state index >= 15 is 0 Å². The van der Waals surface area contributed by atoms with Crippen molar-refractivity contribution in [1.29, 1.82) is 0 Å². The molecule has 1 aliphatic heterocycles. The highest BCUT2D eigenvalue weighted by Crippen LogP contribution is 2.33. The van der Waals surface area contributed by atoms with Gasteiger partial charge in [0.15, 0.2) is 16.6 Å². The van der Waals surface area contributed by atoms with Crippen molar-refractivity contribution in [3.63, 3.8) is 0 Å². The van der Waals surface area contributed by atoms with Gasteiger partial charge in [-0.3, -0.25) is 10.1 Å². The molecular weight excluding hydrogens is 550 g/mol. The highest BCUT2D eigenvalue weighted by atomic mass is 32.1. The van der Waals surface area contributed by atoms with Crippen molar-refractivity contribution in [1.82, 2.24) is 24.8 Å². The molecule has 11 heteroatoms. The van der Waals surface area contributed by atoms with Crippen molar-refractivity contribution in [3.05, 3.63) is 72.4 Å². The Morgan fingerprint density at radius 1 is 0.976 bits per heavy atom. The molecule has 5 aromatic rings. The van der Waals surface area contributed by atoms with Crippen LogP contribution in [-0.4, -0.2) is 84.1 Å². The largest absolute Gasteiger partial charge is 0.493 e. The van der Waals surface area contributed by atoms with E-state index in [0.717, 1.165) is 66.0 Å². The monoisotopic (exact) mass is 583 g/mol. The molecule has 2 aromatic heterocycles. The number of thiazole rings is 1. The van der Waals surface area contributed by atoms with Crippen LogP contribution < -0.4 is 20.1 Å². The number of carbonyl (C=O) groups is 1. The smallest absolute Gasteiger partial charge is 0.257 e. The summed E-state index contributed by atoms with van der Waals surface area (Å²) in [7, 11) is 3.81. The number of ether oxygens (including phenoxy) is 2. The van der Waals surface area contributed by atoms with Crippen LogP contribution in [0, 0.1) is 0 Å². The second-order valence-corrected chi connectivity index (χ2v) is 11.3. The molecule has 2 N–H and O–H groups in total. The van der Waals surface area contributed by atoms with E-state index in [4.69, 9.17) is 14.5 Å². The predicted molar refractivity (Wildman–Crippen MR) is 167 cm³/mol. The molecule has 1 fully saturated rings. The van der Waals surface area contributed by atoms with Crippen LogP contribution in [0.2, 0.25) is 0 Å². The van der Waals surface area contributed by atoms with Gasteiger partial charge in [-0.25, -0.2) is 15.0 Å². The van der Waals surface area contributed by atoms with E-state index in [2.05, 4.69) is 37.4 Å². The minimum atomic E-state index is -0.188. The maximum atomic E-state index is 12.5. The van der Waals surface area contributed by atoms with Crippen molar-refractivity contribution in [3.8, 4) is 11.5 Å². The molecule has 10 nitrogen and oxygen atoms in total. The van der Waals surface area contributed by atoms with Crippen LogP contribution in [0.5, 0.6) is 11.5 Å². The number of aromatic nitrogens is 3. The third kappa shape index (κ3) is 6.59. The van der Waals surface area contributed by atoms with E-state index in [-0.39, 0.29) is 5.91 Å². The Kier molecular flexibility index (Phi) is 8.40. The Morgan fingerprint density at radius 2 is 1.81 bits per heavy atom. The second-order valence-electron chi connectivity index (χ2n) is 10.2. The molecule has 0 atom stereocenters. The fourth-order valence-corrected chi connectivity index (χ4v) is 5.76. The van der Waals surface area contributed by atoms with Crippen LogP contribution in [0.15, 0.2) is 66.9 Å². The molecule has 3 heterocycles. The summed E-state index contributed by atoms with van der Waals surface area (Å²) in [6, 6.07) is 18.7. The average Bonchev–Trinajstić information content (AvgIpc) is 3.41. The number of hydrogen-bond acceptors (Lipinski definition) is 10. The lowest BCUT2D eigenvalue weighted by Crippen LogP contribution is -2.44. The molecule has 0 unspecified atom stereocenters. The number of nitrogens with zero attached hydrogens (tertiary/aromatic N) is 5. The normalized spacial score (nSPS) is 14.2. The summed E-state index contributed by atoms with van der Waals surface area (Å²) >= 11 is 1.41. The Hall–Kier alpha value is -4.32. The van der Waals surface area contributed by atoms with Crippen molar-refractivity contribution in [2.75, 3.05) is 64.1 Å². The van der Waals surface area contributed by atoms with E-state index in [1.165, 1.54) is 11.3 Å². The van der Waals surface area contributed by atoms with E-state index in [1.807, 2.05) is 48.5 Å². The van der Waals surface area contributed by atoms with Crippen LogP contribution in [0.3, 0.4) is 0 Å². The molecule has 216 valence electrons. The highest BCUT2D eigenvalue weighted by molar-refractivity contribution is 7.22. The minimum absolute atomic E-state index is 0.188. The fraction of sp³-hybridized carbons (Fsp3) is 0.290. The topological polar surface area (TPSA) is 105 Å². The predicted octanol–water partition coefficient (Wildman–Crippen LogP) is 5.26. The number of hydrogen-bond donors (Lipinski definition) is 2. The summed E-state index contributed by atoms with van der Waals surface area (Å²) in [5.74, 6) is 1.61. The number of fused-ring (bicyclic) bond motifs is 2. The maximum Gasteiger partial charge on any atom is 0.257 e. The fourth-order valence-electron chi connectivity index (χ4n) is 4.86. The molecular formula is C31H33N7O3S. The number of carbonyl (C=O) groups excluding carboxylic acids is 1. The summed E-state index contributed by atoms with van der Waals surface area (Å²) in [6.07, 6.45) is 2.74. The molecule has 1 aliphatic rings. The van der Waals surface area contributed by atoms with Crippen molar-refractivity contribution >= 4 is 55.1 Å². The quantitative estimate of drug-likeness (QED) is 0.213. The summed E-state index contributed by atoms with van der Waals surface area (Å²) in [4.78, 5) is 31.1. The van der Waals surface area contributed by atoms with Crippen molar-refractivity contribution in [2.45, 2.75) is 6.42 Å². The Balaban J connectivity index is 1.10. The molecule has 3 aromatic carbocycles. The van der Waals surface area contributed by atoms with Gasteiger partial charge in [0.1, 0.15) is 0 Å². The zero-order valence-electron chi connectivity index (χ0n) is 23.7. The number of likely N-dealkylation sites (N-methyl/N-ethyl adjacent to an activating group) is 1. The third-order valence-corrected chi connectivity index (χ3v) is 8.17. The van der Waals surface area contributed by atoms with Crippen LogP contribution in [0.1, 0.15) is 16.8 Å². The van der Waals surface area contributed by atoms with Gasteiger partial charge in [-0.2, -0.15) is 0 Å². The van der Waals surface area contributed by atoms with Gasteiger partial charge >= 0.3 is 0 Å². The van der Waals surface area contributed by atoms with Gasteiger partial charge in [-0.1, -0.05) is 29.5 Å². The Morgan fingerprint density at radius 3 is 2.62 bits per heavy atom. The number of rotatable bonds is 10. The zero-order valence-corrected chi connectivity index (χ0v) is 24.5. The van der Waals surface area contributed by atoms with E-state index in [0.29, 0.717) is 34.7 Å². The first-order valence-corrected chi connectivity index (χ1v) is 14.8. The lowest BCUT2D eigenvalue weighted by Gasteiger charge is -2.32. The molecule has 0 saturated carbocycles. The van der Waals surface area contributed by atoms with Gasteiger partial charge in [0.2, 0.25) is 5.95 Å². The summed E-state index contributed by atoms with van der Waals surface area (Å²) in [5.41, 5.74) is 2.95. The molecule has 0 radical (unpaired) electrons. The number of methoxy groups -OCH3 is 1. The molecule has 42 heavy (non-hydrogen) atoms. The van der Waals surface area contributed by atoms with Gasteiger partial charge in [0.05, 0.1) is 29.5 Å². The third-order valence-electron chi connectivity index (χ3n) is 7.24. The maximum absolute atomic E-state index is 12.5.